The van der Waals surface area contributed by atoms with Crippen LogP contribution in [0.5, 0.6) is 0 Å². The van der Waals surface area contributed by atoms with E-state index in [4.69, 9.17) is 0 Å². The summed E-state index contributed by atoms with van der Waals surface area (Å²) in [4.78, 5) is 1.16. The molecule has 1 aliphatic rings. The first kappa shape index (κ1) is 12.4. The van der Waals surface area contributed by atoms with Crippen molar-refractivity contribution in [1.82, 2.24) is 5.32 Å². The molecule has 0 aromatic carbocycles. The second kappa shape index (κ2) is 5.06. The van der Waals surface area contributed by atoms with Crippen molar-refractivity contribution in [1.29, 1.82) is 0 Å². The van der Waals surface area contributed by atoms with Crippen LogP contribution in [-0.4, -0.2) is 19.5 Å². The molecule has 1 unspecified atom stereocenters. The SMILES string of the molecule is FC(F)C(F)c1sc2c(c1Br)CCNCC2. The molecule has 1 aromatic rings. The van der Waals surface area contributed by atoms with Gasteiger partial charge in [0, 0.05) is 9.35 Å². The van der Waals surface area contributed by atoms with Crippen molar-refractivity contribution in [3.63, 3.8) is 0 Å². The summed E-state index contributed by atoms with van der Waals surface area (Å²) in [6, 6.07) is 0. The molecule has 0 saturated heterocycles. The number of hydrogen-bond acceptors (Lipinski definition) is 2. The van der Waals surface area contributed by atoms with E-state index < -0.39 is 12.6 Å². The summed E-state index contributed by atoms with van der Waals surface area (Å²) in [5, 5.41) is 3.22. The number of hydrogen-bond donors (Lipinski definition) is 1. The first-order valence-electron chi connectivity index (χ1n) is 5.04. The molecule has 0 aliphatic carbocycles. The van der Waals surface area contributed by atoms with Crippen molar-refractivity contribution in [3.8, 4) is 0 Å². The lowest BCUT2D eigenvalue weighted by atomic mass is 10.1. The molecule has 0 radical (unpaired) electrons. The number of alkyl halides is 3. The van der Waals surface area contributed by atoms with E-state index >= 15 is 0 Å². The first-order valence-corrected chi connectivity index (χ1v) is 6.65. The van der Waals surface area contributed by atoms with Crippen molar-refractivity contribution in [2.75, 3.05) is 13.1 Å². The highest BCUT2D eigenvalue weighted by Crippen LogP contribution is 2.41. The molecule has 0 spiro atoms. The minimum atomic E-state index is -2.95. The minimum absolute atomic E-state index is 0.141. The van der Waals surface area contributed by atoms with Gasteiger partial charge in [0.2, 0.25) is 0 Å². The van der Waals surface area contributed by atoms with Crippen molar-refractivity contribution in [2.45, 2.75) is 25.4 Å². The van der Waals surface area contributed by atoms with Crippen LogP contribution in [-0.2, 0) is 12.8 Å². The van der Waals surface area contributed by atoms with Crippen molar-refractivity contribution < 1.29 is 13.2 Å². The molecule has 1 aromatic heterocycles. The predicted molar refractivity (Wildman–Crippen MR) is 62.1 cm³/mol. The summed E-state index contributed by atoms with van der Waals surface area (Å²) < 4.78 is 38.5. The van der Waals surface area contributed by atoms with Crippen LogP contribution in [0.3, 0.4) is 0 Å². The van der Waals surface area contributed by atoms with Gasteiger partial charge in [0.05, 0.1) is 4.88 Å². The summed E-state index contributed by atoms with van der Waals surface area (Å²) in [6.45, 7) is 1.64. The first-order chi connectivity index (χ1) is 7.61. The fourth-order valence-corrected chi connectivity index (χ4v) is 4.05. The average Bonchev–Trinajstić information content (AvgIpc) is 2.45. The van der Waals surface area contributed by atoms with E-state index in [9.17, 15) is 13.2 Å². The lowest BCUT2D eigenvalue weighted by Gasteiger charge is -2.05. The van der Waals surface area contributed by atoms with Crippen LogP contribution in [0.25, 0.3) is 0 Å². The topological polar surface area (TPSA) is 12.0 Å². The molecule has 16 heavy (non-hydrogen) atoms. The molecule has 2 heterocycles. The van der Waals surface area contributed by atoms with E-state index in [1.807, 2.05) is 0 Å². The lowest BCUT2D eigenvalue weighted by Crippen LogP contribution is -2.16. The predicted octanol–water partition coefficient (Wildman–Crippen LogP) is 3.47. The molecule has 1 nitrogen and oxygen atoms in total. The van der Waals surface area contributed by atoms with Gasteiger partial charge in [-0.2, -0.15) is 0 Å². The molecule has 90 valence electrons. The van der Waals surface area contributed by atoms with Gasteiger partial charge < -0.3 is 5.32 Å². The minimum Gasteiger partial charge on any atom is -0.316 e. The highest BCUT2D eigenvalue weighted by atomic mass is 79.9. The zero-order valence-electron chi connectivity index (χ0n) is 8.40. The molecular formula is C10H11BrF3NS. The Hall–Kier alpha value is -0.0700. The zero-order chi connectivity index (χ0) is 11.7. The van der Waals surface area contributed by atoms with Crippen LogP contribution in [0, 0.1) is 0 Å². The van der Waals surface area contributed by atoms with E-state index in [0.29, 0.717) is 4.47 Å². The van der Waals surface area contributed by atoms with Gasteiger partial charge in [-0.1, -0.05) is 0 Å². The highest BCUT2D eigenvalue weighted by Gasteiger charge is 2.29. The molecule has 2 rings (SSSR count). The third-order valence-electron chi connectivity index (χ3n) is 2.60. The van der Waals surface area contributed by atoms with Gasteiger partial charge in [-0.15, -0.1) is 11.3 Å². The molecule has 6 heteroatoms. The summed E-state index contributed by atoms with van der Waals surface area (Å²) in [7, 11) is 0. The van der Waals surface area contributed by atoms with E-state index in [0.717, 1.165) is 36.4 Å². The standard InChI is InChI=1S/C10H11BrF3NS/c11-7-5-1-3-15-4-2-6(5)16-9(7)8(12)10(13)14/h8,10,15H,1-4H2. The maximum absolute atomic E-state index is 13.3. The Kier molecular flexibility index (Phi) is 3.92. The Labute approximate surface area is 104 Å². The van der Waals surface area contributed by atoms with Crippen LogP contribution < -0.4 is 5.32 Å². The molecule has 1 N–H and O–H groups in total. The number of nitrogens with one attached hydrogen (secondary N) is 1. The number of rotatable bonds is 2. The Morgan fingerprint density at radius 1 is 1.19 bits per heavy atom. The molecule has 0 amide bonds. The number of halogens is 4. The van der Waals surface area contributed by atoms with Gasteiger partial charge in [-0.25, -0.2) is 13.2 Å². The number of fused-ring (bicyclic) bond motifs is 1. The fraction of sp³-hybridized carbons (Fsp3) is 0.600. The van der Waals surface area contributed by atoms with Gasteiger partial charge in [-0.3, -0.25) is 0 Å². The largest absolute Gasteiger partial charge is 0.316 e. The smallest absolute Gasteiger partial charge is 0.274 e. The van der Waals surface area contributed by atoms with Gasteiger partial charge in [0.15, 0.2) is 6.17 Å². The van der Waals surface area contributed by atoms with Gasteiger partial charge in [0.25, 0.3) is 6.43 Å². The highest BCUT2D eigenvalue weighted by molar-refractivity contribution is 9.10. The van der Waals surface area contributed by atoms with E-state index in [2.05, 4.69) is 21.2 Å². The summed E-state index contributed by atoms with van der Waals surface area (Å²) in [5.74, 6) is 0. The average molecular weight is 314 g/mol. The van der Waals surface area contributed by atoms with Crippen LogP contribution in [0.4, 0.5) is 13.2 Å². The van der Waals surface area contributed by atoms with Gasteiger partial charge >= 0.3 is 0 Å². The van der Waals surface area contributed by atoms with Crippen molar-refractivity contribution in [2.24, 2.45) is 0 Å². The summed E-state index contributed by atoms with van der Waals surface area (Å²) in [5.41, 5.74) is 0.994. The Morgan fingerprint density at radius 2 is 1.88 bits per heavy atom. The third-order valence-corrected chi connectivity index (χ3v) is 5.12. The normalized spacial score (nSPS) is 18.3. The monoisotopic (exact) mass is 313 g/mol. The van der Waals surface area contributed by atoms with Gasteiger partial charge in [-0.05, 0) is 47.4 Å². The molecular weight excluding hydrogens is 303 g/mol. The second-order valence-corrected chi connectivity index (χ2v) is 5.60. The molecule has 0 saturated carbocycles. The third kappa shape index (κ3) is 2.28. The van der Waals surface area contributed by atoms with E-state index in [1.165, 1.54) is 11.3 Å². The summed E-state index contributed by atoms with van der Waals surface area (Å²) >= 11 is 4.42. The second-order valence-electron chi connectivity index (χ2n) is 3.67. The molecule has 0 fully saturated rings. The molecule has 1 atom stereocenters. The maximum atomic E-state index is 13.3. The quantitative estimate of drug-likeness (QED) is 0.881. The van der Waals surface area contributed by atoms with Crippen LogP contribution in [0.15, 0.2) is 4.47 Å². The summed E-state index contributed by atoms with van der Waals surface area (Å²) in [6.07, 6.45) is -3.56. The Morgan fingerprint density at radius 3 is 2.56 bits per heavy atom. The van der Waals surface area contributed by atoms with Crippen LogP contribution in [0.2, 0.25) is 0 Å². The zero-order valence-corrected chi connectivity index (χ0v) is 10.8. The van der Waals surface area contributed by atoms with Crippen molar-refractivity contribution in [3.05, 3.63) is 19.8 Å². The van der Waals surface area contributed by atoms with E-state index in [1.54, 1.807) is 0 Å². The Bertz CT molecular complexity index is 380. The Balaban J connectivity index is 2.35. The van der Waals surface area contributed by atoms with Crippen LogP contribution in [0.1, 0.15) is 21.5 Å². The lowest BCUT2D eigenvalue weighted by molar-refractivity contribution is 0.0511. The molecule has 0 bridgehead atoms. The van der Waals surface area contributed by atoms with Crippen molar-refractivity contribution >= 4 is 27.3 Å². The maximum Gasteiger partial charge on any atom is 0.274 e. The van der Waals surface area contributed by atoms with Gasteiger partial charge in [0.1, 0.15) is 0 Å². The molecule has 1 aliphatic heterocycles. The number of thiophene rings is 1. The van der Waals surface area contributed by atoms with Crippen LogP contribution >= 0.6 is 27.3 Å². The van der Waals surface area contributed by atoms with E-state index in [-0.39, 0.29) is 4.88 Å². The fourth-order valence-electron chi connectivity index (χ4n) is 1.79.